The van der Waals surface area contributed by atoms with E-state index >= 15 is 0 Å². The molecule has 1 aliphatic heterocycles. The van der Waals surface area contributed by atoms with Crippen LogP contribution in [0.25, 0.3) is 5.57 Å². The quantitative estimate of drug-likeness (QED) is 0.282. The predicted molar refractivity (Wildman–Crippen MR) is 119 cm³/mol. The number of H-pyrrole nitrogens is 1. The second kappa shape index (κ2) is 11.2. The normalized spacial score (nSPS) is 17.9. The third-order valence-corrected chi connectivity index (χ3v) is 5.08. The number of hydrogen-bond donors (Lipinski definition) is 4. The first-order valence-corrected chi connectivity index (χ1v) is 10.3. The van der Waals surface area contributed by atoms with Gasteiger partial charge in [0.15, 0.2) is 0 Å². The van der Waals surface area contributed by atoms with Crippen molar-refractivity contribution in [2.45, 2.75) is 52.5 Å². The van der Waals surface area contributed by atoms with E-state index in [1.807, 2.05) is 25.4 Å². The molecule has 0 saturated carbocycles. The molecular weight excluding hydrogens is 380 g/mol. The van der Waals surface area contributed by atoms with Crippen molar-refractivity contribution in [1.82, 2.24) is 15.2 Å². The maximum atomic E-state index is 12.6. The number of aliphatic hydroxyl groups is 1. The summed E-state index contributed by atoms with van der Waals surface area (Å²) in [5.74, 6) is -0.592. The van der Waals surface area contributed by atoms with Crippen LogP contribution >= 0.6 is 0 Å². The SMILES string of the molecule is CC(=N)/C=C(\O)CC(=O)N1CCC[C@H]1C(=O)NCC/C(C)=C/C=C(\C)c1cc[nH]c1. The van der Waals surface area contributed by atoms with Crippen molar-refractivity contribution in [3.05, 3.63) is 53.6 Å². The maximum Gasteiger partial charge on any atom is 0.242 e. The van der Waals surface area contributed by atoms with Gasteiger partial charge in [0.05, 0.1) is 6.42 Å². The van der Waals surface area contributed by atoms with Crippen molar-refractivity contribution in [3.8, 4) is 0 Å². The number of aromatic amines is 1. The molecule has 0 bridgehead atoms. The Morgan fingerprint density at radius 3 is 2.77 bits per heavy atom. The zero-order valence-electron chi connectivity index (χ0n) is 18.0. The summed E-state index contributed by atoms with van der Waals surface area (Å²) in [6.45, 7) is 6.63. The second-order valence-electron chi connectivity index (χ2n) is 7.74. The molecule has 7 heteroatoms. The van der Waals surface area contributed by atoms with Gasteiger partial charge in [-0.1, -0.05) is 17.7 Å². The smallest absolute Gasteiger partial charge is 0.242 e. The summed E-state index contributed by atoms with van der Waals surface area (Å²) in [6.07, 6.45) is 11.1. The Balaban J connectivity index is 1.83. The van der Waals surface area contributed by atoms with E-state index in [1.54, 1.807) is 0 Å². The first-order chi connectivity index (χ1) is 14.3. The minimum Gasteiger partial charge on any atom is -0.512 e. The van der Waals surface area contributed by atoms with Crippen molar-refractivity contribution in [3.63, 3.8) is 0 Å². The highest BCUT2D eigenvalue weighted by molar-refractivity contribution is 5.92. The zero-order valence-corrected chi connectivity index (χ0v) is 18.0. The lowest BCUT2D eigenvalue weighted by molar-refractivity contribution is -0.138. The summed E-state index contributed by atoms with van der Waals surface area (Å²) in [7, 11) is 0. The van der Waals surface area contributed by atoms with Crippen LogP contribution in [-0.4, -0.2) is 51.6 Å². The number of rotatable bonds is 9. The van der Waals surface area contributed by atoms with Gasteiger partial charge in [0.2, 0.25) is 11.8 Å². The molecule has 2 rings (SSSR count). The lowest BCUT2D eigenvalue weighted by atomic mass is 10.1. The molecule has 2 heterocycles. The fraction of sp³-hybridized carbons (Fsp3) is 0.435. The van der Waals surface area contributed by atoms with E-state index in [0.717, 1.165) is 29.6 Å². The first-order valence-electron chi connectivity index (χ1n) is 10.3. The lowest BCUT2D eigenvalue weighted by Gasteiger charge is -2.24. The Hall–Kier alpha value is -3.09. The van der Waals surface area contributed by atoms with Crippen LogP contribution in [0.2, 0.25) is 0 Å². The van der Waals surface area contributed by atoms with Crippen LogP contribution in [0, 0.1) is 5.41 Å². The molecule has 30 heavy (non-hydrogen) atoms. The second-order valence-corrected chi connectivity index (χ2v) is 7.74. The van der Waals surface area contributed by atoms with Crippen LogP contribution in [0.4, 0.5) is 0 Å². The number of aromatic nitrogens is 1. The molecule has 1 saturated heterocycles. The van der Waals surface area contributed by atoms with Crippen LogP contribution in [0.5, 0.6) is 0 Å². The number of hydrogen-bond acceptors (Lipinski definition) is 4. The highest BCUT2D eigenvalue weighted by atomic mass is 16.3. The predicted octanol–water partition coefficient (Wildman–Crippen LogP) is 3.73. The number of aliphatic hydroxyl groups excluding tert-OH is 1. The summed E-state index contributed by atoms with van der Waals surface area (Å²) >= 11 is 0. The third kappa shape index (κ3) is 7.06. The van der Waals surface area contributed by atoms with Crippen molar-refractivity contribution >= 4 is 23.1 Å². The largest absolute Gasteiger partial charge is 0.512 e. The number of carbonyl (C=O) groups is 2. The van der Waals surface area contributed by atoms with E-state index in [0.29, 0.717) is 19.5 Å². The van der Waals surface area contributed by atoms with E-state index in [9.17, 15) is 14.7 Å². The van der Waals surface area contributed by atoms with Gasteiger partial charge in [-0.2, -0.15) is 0 Å². The van der Waals surface area contributed by atoms with Gasteiger partial charge in [-0.05, 0) is 63.3 Å². The van der Waals surface area contributed by atoms with Crippen LogP contribution in [-0.2, 0) is 9.59 Å². The van der Waals surface area contributed by atoms with Crippen LogP contribution < -0.4 is 5.32 Å². The fourth-order valence-electron chi connectivity index (χ4n) is 3.41. The molecule has 1 fully saturated rings. The molecular formula is C23H32N4O3. The van der Waals surface area contributed by atoms with Gasteiger partial charge in [-0.15, -0.1) is 0 Å². The van der Waals surface area contributed by atoms with E-state index in [2.05, 4.69) is 29.4 Å². The van der Waals surface area contributed by atoms with Gasteiger partial charge >= 0.3 is 0 Å². The molecule has 162 valence electrons. The molecule has 0 aliphatic carbocycles. The van der Waals surface area contributed by atoms with Crippen LogP contribution in [0.1, 0.15) is 52.0 Å². The average molecular weight is 413 g/mol. The first kappa shape index (κ1) is 23.2. The number of allylic oxidation sites excluding steroid dienone is 4. The highest BCUT2D eigenvalue weighted by Crippen LogP contribution is 2.20. The molecule has 0 spiro atoms. The van der Waals surface area contributed by atoms with Crippen LogP contribution in [0.15, 0.2) is 48.0 Å². The zero-order chi connectivity index (χ0) is 22.1. The number of likely N-dealkylation sites (tertiary alicyclic amines) is 1. The van der Waals surface area contributed by atoms with Crippen molar-refractivity contribution in [1.29, 1.82) is 5.41 Å². The summed E-state index contributed by atoms with van der Waals surface area (Å²) < 4.78 is 0. The fourth-order valence-corrected chi connectivity index (χ4v) is 3.41. The average Bonchev–Trinajstić information content (AvgIpc) is 3.36. The van der Waals surface area contributed by atoms with Gasteiger partial charge in [-0.25, -0.2) is 0 Å². The number of nitrogens with zero attached hydrogens (tertiary/aromatic N) is 1. The Morgan fingerprint density at radius 2 is 2.10 bits per heavy atom. The Kier molecular flexibility index (Phi) is 8.65. The number of carbonyl (C=O) groups excluding carboxylic acids is 2. The van der Waals surface area contributed by atoms with Crippen molar-refractivity contribution in [2.75, 3.05) is 13.1 Å². The molecule has 0 aromatic carbocycles. The summed E-state index contributed by atoms with van der Waals surface area (Å²) in [4.78, 5) is 29.6. The molecule has 1 aromatic heterocycles. The van der Waals surface area contributed by atoms with E-state index < -0.39 is 6.04 Å². The monoisotopic (exact) mass is 412 g/mol. The number of amides is 2. The Bertz CT molecular complexity index is 850. The van der Waals surface area contributed by atoms with Gasteiger partial charge in [0, 0.05) is 31.2 Å². The molecule has 2 amide bonds. The van der Waals surface area contributed by atoms with Gasteiger partial charge in [0.1, 0.15) is 11.8 Å². The lowest BCUT2D eigenvalue weighted by Crippen LogP contribution is -2.46. The summed E-state index contributed by atoms with van der Waals surface area (Å²) in [5, 5.41) is 20.1. The molecule has 1 atom stereocenters. The minimum atomic E-state index is -0.494. The topological polar surface area (TPSA) is 109 Å². The standard InChI is InChI=1S/C23H32N4O3/c1-16(6-7-17(2)19-9-10-25-15-19)8-11-26-23(30)21-5-4-12-27(21)22(29)14-20(28)13-18(3)24/h6-7,9-10,13,15,21,24-25,28H,4-5,8,11-12,14H2,1-3H3,(H,26,30)/b16-6+,17-7+,20-13-,24-18?/t21-/m0/s1. The molecule has 7 nitrogen and oxygen atoms in total. The molecule has 1 aromatic rings. The van der Waals surface area contributed by atoms with E-state index in [-0.39, 0.29) is 29.7 Å². The maximum absolute atomic E-state index is 12.6. The van der Waals surface area contributed by atoms with Gasteiger partial charge < -0.3 is 25.7 Å². The Labute approximate surface area is 178 Å². The highest BCUT2D eigenvalue weighted by Gasteiger charge is 2.33. The van der Waals surface area contributed by atoms with Crippen LogP contribution in [0.3, 0.4) is 0 Å². The van der Waals surface area contributed by atoms with Gasteiger partial charge in [-0.3, -0.25) is 9.59 Å². The minimum absolute atomic E-state index is 0.151. The van der Waals surface area contributed by atoms with Crippen molar-refractivity contribution < 1.29 is 14.7 Å². The summed E-state index contributed by atoms with van der Waals surface area (Å²) in [5.41, 5.74) is 3.64. The molecule has 0 radical (unpaired) electrons. The molecule has 0 unspecified atom stereocenters. The van der Waals surface area contributed by atoms with Gasteiger partial charge in [0.25, 0.3) is 0 Å². The number of nitrogens with one attached hydrogen (secondary N) is 3. The third-order valence-electron chi connectivity index (χ3n) is 5.08. The van der Waals surface area contributed by atoms with E-state index in [1.165, 1.54) is 17.9 Å². The van der Waals surface area contributed by atoms with Crippen molar-refractivity contribution in [2.24, 2.45) is 0 Å². The molecule has 4 N–H and O–H groups in total. The van der Waals surface area contributed by atoms with E-state index in [4.69, 9.17) is 5.41 Å². The summed E-state index contributed by atoms with van der Waals surface area (Å²) in [6, 6.07) is 1.53. The Morgan fingerprint density at radius 1 is 1.33 bits per heavy atom. The molecule has 1 aliphatic rings.